The molecule has 1 aliphatic carbocycles. The number of hydrogen-bond acceptors (Lipinski definition) is 2. The smallest absolute Gasteiger partial charge is 0.400 e. The SMILES string of the molecule is CC1(C)OB(/C=C2\CCCc3ccccc32)OC1(C)C. The van der Waals surface area contributed by atoms with Crippen molar-refractivity contribution in [3.8, 4) is 0 Å². The molecule has 0 atom stereocenters. The third kappa shape index (κ3) is 2.34. The monoisotopic (exact) mass is 270 g/mol. The van der Waals surface area contributed by atoms with Crippen LogP contribution in [-0.4, -0.2) is 18.3 Å². The molecule has 0 aromatic heterocycles. The maximum Gasteiger partial charge on any atom is 0.487 e. The molecular formula is C17H23BO2. The van der Waals surface area contributed by atoms with Crippen LogP contribution in [0.25, 0.3) is 5.57 Å². The van der Waals surface area contributed by atoms with Crippen LogP contribution < -0.4 is 0 Å². The molecule has 1 aromatic carbocycles. The highest BCUT2D eigenvalue weighted by Gasteiger charge is 2.50. The zero-order valence-electron chi connectivity index (χ0n) is 12.9. The average molecular weight is 270 g/mol. The van der Waals surface area contributed by atoms with Crippen LogP contribution in [0.4, 0.5) is 0 Å². The summed E-state index contributed by atoms with van der Waals surface area (Å²) in [5.41, 5.74) is 3.66. The first-order valence-electron chi connectivity index (χ1n) is 7.54. The second-order valence-corrected chi connectivity index (χ2v) is 6.83. The average Bonchev–Trinajstić information content (AvgIpc) is 2.58. The molecule has 3 heteroatoms. The summed E-state index contributed by atoms with van der Waals surface area (Å²) in [6, 6.07) is 8.68. The molecule has 0 N–H and O–H groups in total. The Balaban J connectivity index is 1.88. The minimum Gasteiger partial charge on any atom is -0.400 e. The van der Waals surface area contributed by atoms with Crippen LogP contribution in [-0.2, 0) is 15.7 Å². The molecule has 0 unspecified atom stereocenters. The Labute approximate surface area is 122 Å². The van der Waals surface area contributed by atoms with E-state index < -0.39 is 0 Å². The molecule has 2 aliphatic rings. The van der Waals surface area contributed by atoms with Gasteiger partial charge < -0.3 is 9.31 Å². The van der Waals surface area contributed by atoms with Gasteiger partial charge >= 0.3 is 7.12 Å². The molecule has 0 radical (unpaired) electrons. The van der Waals surface area contributed by atoms with Crippen molar-refractivity contribution in [1.82, 2.24) is 0 Å². The van der Waals surface area contributed by atoms with Gasteiger partial charge in [0.1, 0.15) is 0 Å². The molecule has 0 bridgehead atoms. The summed E-state index contributed by atoms with van der Waals surface area (Å²) in [5.74, 6) is 2.18. The Kier molecular flexibility index (Phi) is 3.30. The van der Waals surface area contributed by atoms with Crippen LogP contribution in [0.2, 0.25) is 0 Å². The quantitative estimate of drug-likeness (QED) is 0.717. The maximum atomic E-state index is 6.08. The molecule has 0 spiro atoms. The van der Waals surface area contributed by atoms with E-state index in [4.69, 9.17) is 9.31 Å². The third-order valence-corrected chi connectivity index (χ3v) is 4.86. The molecule has 1 aliphatic heterocycles. The molecular weight excluding hydrogens is 247 g/mol. The van der Waals surface area contributed by atoms with E-state index in [2.05, 4.69) is 57.9 Å². The molecule has 106 valence electrons. The van der Waals surface area contributed by atoms with Gasteiger partial charge in [-0.1, -0.05) is 30.2 Å². The molecule has 3 rings (SSSR count). The molecule has 1 saturated heterocycles. The molecule has 0 amide bonds. The van der Waals surface area contributed by atoms with Gasteiger partial charge in [0.05, 0.1) is 11.2 Å². The van der Waals surface area contributed by atoms with Crippen LogP contribution in [0, 0.1) is 0 Å². The van der Waals surface area contributed by atoms with E-state index in [-0.39, 0.29) is 18.3 Å². The van der Waals surface area contributed by atoms with Crippen molar-refractivity contribution < 1.29 is 9.31 Å². The number of aryl methyl sites for hydroxylation is 1. The lowest BCUT2D eigenvalue weighted by atomic mass is 9.79. The number of allylic oxidation sites excluding steroid dienone is 1. The Morgan fingerprint density at radius 1 is 1.00 bits per heavy atom. The lowest BCUT2D eigenvalue weighted by Gasteiger charge is -2.32. The van der Waals surface area contributed by atoms with E-state index in [0.717, 1.165) is 6.42 Å². The second kappa shape index (κ2) is 4.75. The summed E-state index contributed by atoms with van der Waals surface area (Å²) in [4.78, 5) is 0. The molecule has 20 heavy (non-hydrogen) atoms. The van der Waals surface area contributed by atoms with Crippen molar-refractivity contribution in [2.24, 2.45) is 0 Å². The van der Waals surface area contributed by atoms with Crippen LogP contribution in [0.3, 0.4) is 0 Å². The summed E-state index contributed by atoms with van der Waals surface area (Å²) in [6.45, 7) is 8.39. The number of fused-ring (bicyclic) bond motifs is 1. The van der Waals surface area contributed by atoms with Crippen LogP contribution in [0.5, 0.6) is 0 Å². The topological polar surface area (TPSA) is 18.5 Å². The third-order valence-electron chi connectivity index (χ3n) is 4.86. The largest absolute Gasteiger partial charge is 0.487 e. The van der Waals surface area contributed by atoms with Crippen LogP contribution in [0.1, 0.15) is 51.7 Å². The van der Waals surface area contributed by atoms with Crippen molar-refractivity contribution in [2.45, 2.75) is 58.2 Å². The van der Waals surface area contributed by atoms with Gasteiger partial charge in [-0.2, -0.15) is 0 Å². The van der Waals surface area contributed by atoms with Crippen LogP contribution >= 0.6 is 0 Å². The normalized spacial score (nSPS) is 25.8. The fourth-order valence-electron chi connectivity index (χ4n) is 2.95. The van der Waals surface area contributed by atoms with E-state index in [1.807, 2.05) is 0 Å². The number of benzene rings is 1. The van der Waals surface area contributed by atoms with Gasteiger partial charge in [0.25, 0.3) is 0 Å². The van der Waals surface area contributed by atoms with E-state index in [1.54, 1.807) is 0 Å². The van der Waals surface area contributed by atoms with E-state index in [0.29, 0.717) is 0 Å². The van der Waals surface area contributed by atoms with Gasteiger partial charge in [0.2, 0.25) is 0 Å². The fraction of sp³-hybridized carbons (Fsp3) is 0.529. The van der Waals surface area contributed by atoms with Crippen molar-refractivity contribution in [3.05, 3.63) is 41.4 Å². The van der Waals surface area contributed by atoms with Gasteiger partial charge in [0.15, 0.2) is 0 Å². The van der Waals surface area contributed by atoms with Gasteiger partial charge in [-0.25, -0.2) is 0 Å². The van der Waals surface area contributed by atoms with Crippen LogP contribution in [0.15, 0.2) is 30.2 Å². The van der Waals surface area contributed by atoms with Gasteiger partial charge in [-0.15, -0.1) is 0 Å². The predicted octanol–water partition coefficient (Wildman–Crippen LogP) is 4.04. The Hall–Kier alpha value is -1.06. The summed E-state index contributed by atoms with van der Waals surface area (Å²) in [5, 5.41) is 0. The number of hydrogen-bond donors (Lipinski definition) is 0. The summed E-state index contributed by atoms with van der Waals surface area (Å²) in [7, 11) is -0.235. The van der Waals surface area contributed by atoms with E-state index in [1.165, 1.54) is 29.5 Å². The molecule has 2 nitrogen and oxygen atoms in total. The first kappa shape index (κ1) is 13.9. The standard InChI is InChI=1S/C17H23BO2/c1-16(2)17(3,4)20-18(19-16)12-14-10-7-9-13-8-5-6-11-15(13)14/h5-6,8,11-12H,7,9-10H2,1-4H3/b14-12+. The zero-order chi connectivity index (χ0) is 14.4. The van der Waals surface area contributed by atoms with Crippen molar-refractivity contribution in [1.29, 1.82) is 0 Å². The summed E-state index contributed by atoms with van der Waals surface area (Å²) < 4.78 is 12.2. The summed E-state index contributed by atoms with van der Waals surface area (Å²) in [6.07, 6.45) is 3.50. The van der Waals surface area contributed by atoms with Crippen molar-refractivity contribution in [3.63, 3.8) is 0 Å². The first-order chi connectivity index (χ1) is 9.39. The molecule has 1 aromatic rings. The predicted molar refractivity (Wildman–Crippen MR) is 83.4 cm³/mol. The second-order valence-electron chi connectivity index (χ2n) is 6.83. The van der Waals surface area contributed by atoms with Gasteiger partial charge in [0, 0.05) is 0 Å². The minimum atomic E-state index is -0.261. The number of rotatable bonds is 1. The highest BCUT2D eigenvalue weighted by molar-refractivity contribution is 6.53. The lowest BCUT2D eigenvalue weighted by Crippen LogP contribution is -2.41. The van der Waals surface area contributed by atoms with E-state index in [9.17, 15) is 0 Å². The fourth-order valence-corrected chi connectivity index (χ4v) is 2.95. The molecule has 1 heterocycles. The summed E-state index contributed by atoms with van der Waals surface area (Å²) >= 11 is 0. The zero-order valence-corrected chi connectivity index (χ0v) is 12.9. The first-order valence-corrected chi connectivity index (χ1v) is 7.54. The van der Waals surface area contributed by atoms with Gasteiger partial charge in [-0.05, 0) is 63.7 Å². The highest BCUT2D eigenvalue weighted by Crippen LogP contribution is 2.39. The lowest BCUT2D eigenvalue weighted by molar-refractivity contribution is 0.00578. The molecule has 0 saturated carbocycles. The Morgan fingerprint density at radius 3 is 2.35 bits per heavy atom. The Bertz CT molecular complexity index is 530. The highest BCUT2D eigenvalue weighted by atomic mass is 16.7. The van der Waals surface area contributed by atoms with Crippen molar-refractivity contribution in [2.75, 3.05) is 0 Å². The van der Waals surface area contributed by atoms with Gasteiger partial charge in [-0.3, -0.25) is 0 Å². The van der Waals surface area contributed by atoms with E-state index >= 15 is 0 Å². The molecule has 1 fully saturated rings. The minimum absolute atomic E-state index is 0.235. The Morgan fingerprint density at radius 2 is 1.65 bits per heavy atom. The maximum absolute atomic E-state index is 6.08. The van der Waals surface area contributed by atoms with Crippen molar-refractivity contribution >= 4 is 12.7 Å².